The van der Waals surface area contributed by atoms with Crippen LogP contribution in [0.1, 0.15) is 33.6 Å². The molecule has 34 heavy (non-hydrogen) atoms. The van der Waals surface area contributed by atoms with E-state index in [4.69, 9.17) is 16.3 Å². The zero-order valence-electron chi connectivity index (χ0n) is 18.1. The molecule has 1 fully saturated rings. The number of hydrogen-bond donors (Lipinski definition) is 0. The van der Waals surface area contributed by atoms with Crippen molar-refractivity contribution in [3.8, 4) is 5.75 Å². The van der Waals surface area contributed by atoms with Crippen LogP contribution in [0.25, 0.3) is 0 Å². The number of amides is 1. The maximum Gasteiger partial charge on any atom is 0.264 e. The van der Waals surface area contributed by atoms with E-state index in [9.17, 15) is 17.6 Å². The predicted octanol–water partition coefficient (Wildman–Crippen LogP) is 5.35. The second kappa shape index (κ2) is 8.32. The Bertz CT molecular complexity index is 1390. The van der Waals surface area contributed by atoms with Gasteiger partial charge in [0.05, 0.1) is 21.4 Å². The van der Waals surface area contributed by atoms with E-state index in [0.29, 0.717) is 9.90 Å². The molecule has 10 heteroatoms. The van der Waals surface area contributed by atoms with E-state index in [1.54, 1.807) is 18.4 Å². The lowest BCUT2D eigenvalue weighted by molar-refractivity contribution is 0.0323. The number of rotatable bonds is 3. The van der Waals surface area contributed by atoms with E-state index < -0.39 is 38.0 Å². The average Bonchev–Trinajstić information content (AvgIpc) is 3.26. The highest BCUT2D eigenvalue weighted by Crippen LogP contribution is 2.54. The number of piperidine rings is 1. The second-order valence-electron chi connectivity index (χ2n) is 8.44. The molecule has 0 N–H and O–H groups in total. The van der Waals surface area contributed by atoms with Crippen LogP contribution < -0.4 is 4.74 Å². The van der Waals surface area contributed by atoms with Crippen molar-refractivity contribution in [3.05, 3.63) is 80.5 Å². The largest absolute Gasteiger partial charge is 0.488 e. The minimum absolute atomic E-state index is 0.00651. The minimum atomic E-state index is -4.33. The Balaban J connectivity index is 1.77. The zero-order valence-corrected chi connectivity index (χ0v) is 20.4. The number of fused-ring (bicyclic) bond motifs is 3. The third-order valence-corrected chi connectivity index (χ3v) is 10.4. The first-order valence-corrected chi connectivity index (χ1v) is 13.4. The van der Waals surface area contributed by atoms with Gasteiger partial charge in [-0.2, -0.15) is 0 Å². The standard InChI is InChI=1S/C24H20ClF2NO4S2/c1-14-9-12-33-22(14)23(29)28-11-2-10-24(34(30,31)16-5-3-15(25)4-6-16)19(28)13-32-21-18(27)8-7-17(26)20(21)24/h3-9,12,19H,2,10-11,13H2,1H3/t19-,24+/m0/s1. The van der Waals surface area contributed by atoms with E-state index in [1.165, 1.54) is 40.5 Å². The number of sulfone groups is 1. The van der Waals surface area contributed by atoms with Crippen LogP contribution in [-0.4, -0.2) is 38.4 Å². The summed E-state index contributed by atoms with van der Waals surface area (Å²) in [7, 11) is -4.33. The minimum Gasteiger partial charge on any atom is -0.488 e. The fraction of sp³-hybridized carbons (Fsp3) is 0.292. The lowest BCUT2D eigenvalue weighted by Crippen LogP contribution is -2.64. The maximum absolute atomic E-state index is 15.4. The molecule has 2 atom stereocenters. The van der Waals surface area contributed by atoms with Crippen molar-refractivity contribution < 1.29 is 26.7 Å². The fourth-order valence-electron chi connectivity index (χ4n) is 5.07. The van der Waals surface area contributed by atoms with E-state index in [1.807, 2.05) is 0 Å². The number of nitrogens with zero attached hydrogens (tertiary/aromatic N) is 1. The van der Waals surface area contributed by atoms with Gasteiger partial charge in [-0.3, -0.25) is 4.79 Å². The van der Waals surface area contributed by atoms with Gasteiger partial charge < -0.3 is 9.64 Å². The first-order chi connectivity index (χ1) is 16.2. The number of ether oxygens (including phenoxy) is 1. The van der Waals surface area contributed by atoms with Crippen LogP contribution in [0.4, 0.5) is 8.78 Å². The summed E-state index contributed by atoms with van der Waals surface area (Å²) in [4.78, 5) is 15.4. The summed E-state index contributed by atoms with van der Waals surface area (Å²) in [6.45, 7) is 1.79. The molecule has 178 valence electrons. The normalized spacial score (nSPS) is 22.0. The van der Waals surface area contributed by atoms with Gasteiger partial charge >= 0.3 is 0 Å². The quantitative estimate of drug-likeness (QED) is 0.464. The molecule has 0 spiro atoms. The van der Waals surface area contributed by atoms with Gasteiger partial charge in [0.2, 0.25) is 0 Å². The maximum atomic E-state index is 15.4. The second-order valence-corrected chi connectivity index (χ2v) is 12.0. The van der Waals surface area contributed by atoms with Gasteiger partial charge in [0.15, 0.2) is 21.4 Å². The molecular weight excluding hydrogens is 504 g/mol. The Morgan fingerprint density at radius 3 is 2.53 bits per heavy atom. The van der Waals surface area contributed by atoms with Gasteiger partial charge in [-0.25, -0.2) is 17.2 Å². The molecule has 2 aliphatic heterocycles. The summed E-state index contributed by atoms with van der Waals surface area (Å²) in [5.74, 6) is -2.51. The van der Waals surface area contributed by atoms with Crippen molar-refractivity contribution in [3.63, 3.8) is 0 Å². The molecular formula is C24H20ClF2NO4S2. The van der Waals surface area contributed by atoms with Crippen LogP contribution in [0, 0.1) is 18.6 Å². The molecule has 3 aromatic rings. The van der Waals surface area contributed by atoms with Crippen LogP contribution in [-0.2, 0) is 14.6 Å². The number of hydrogen-bond acceptors (Lipinski definition) is 5. The molecule has 0 unspecified atom stereocenters. The SMILES string of the molecule is Cc1ccsc1C(=O)N1CCC[C@]2(S(=O)(=O)c3ccc(Cl)cc3)c3c(F)ccc(F)c3OC[C@H]12. The molecule has 0 saturated carbocycles. The highest BCUT2D eigenvalue weighted by molar-refractivity contribution is 7.92. The zero-order chi connectivity index (χ0) is 24.3. The van der Waals surface area contributed by atoms with Gasteiger partial charge in [0.25, 0.3) is 5.91 Å². The molecule has 0 radical (unpaired) electrons. The number of carbonyl (C=O) groups is 1. The number of benzene rings is 2. The topological polar surface area (TPSA) is 63.7 Å². The molecule has 1 saturated heterocycles. The van der Waals surface area contributed by atoms with Crippen molar-refractivity contribution in [2.24, 2.45) is 0 Å². The number of likely N-dealkylation sites (tertiary alicyclic amines) is 1. The van der Waals surface area contributed by atoms with Gasteiger partial charge in [-0.1, -0.05) is 11.6 Å². The summed E-state index contributed by atoms with van der Waals surface area (Å²) in [6, 6.07) is 8.13. The van der Waals surface area contributed by atoms with E-state index in [2.05, 4.69) is 0 Å². The van der Waals surface area contributed by atoms with Crippen LogP contribution >= 0.6 is 22.9 Å². The van der Waals surface area contributed by atoms with Crippen molar-refractivity contribution in [1.29, 1.82) is 0 Å². The highest BCUT2D eigenvalue weighted by atomic mass is 35.5. The Hall–Kier alpha value is -2.49. The third-order valence-electron chi connectivity index (χ3n) is 6.65. The van der Waals surface area contributed by atoms with Gasteiger partial charge in [0.1, 0.15) is 17.2 Å². The summed E-state index contributed by atoms with van der Waals surface area (Å²) >= 11 is 7.23. The molecule has 2 aromatic carbocycles. The third kappa shape index (κ3) is 3.28. The molecule has 1 amide bonds. The Morgan fingerprint density at radius 2 is 1.85 bits per heavy atom. The van der Waals surface area contributed by atoms with Crippen molar-refractivity contribution >= 4 is 38.7 Å². The molecule has 2 aliphatic rings. The van der Waals surface area contributed by atoms with E-state index >= 15 is 4.39 Å². The molecule has 0 bridgehead atoms. The fourth-order valence-corrected chi connectivity index (χ4v) is 8.42. The Kier molecular flexibility index (Phi) is 5.69. The smallest absolute Gasteiger partial charge is 0.264 e. The van der Waals surface area contributed by atoms with Gasteiger partial charge in [-0.15, -0.1) is 11.3 Å². The Morgan fingerprint density at radius 1 is 1.15 bits per heavy atom. The number of carbonyl (C=O) groups excluding carboxylic acids is 1. The van der Waals surface area contributed by atoms with Gasteiger partial charge in [0, 0.05) is 11.6 Å². The lowest BCUT2D eigenvalue weighted by Gasteiger charge is -2.51. The monoisotopic (exact) mass is 523 g/mol. The number of thiophene rings is 1. The molecule has 5 nitrogen and oxygen atoms in total. The van der Waals surface area contributed by atoms with Gasteiger partial charge in [-0.05, 0) is 73.2 Å². The average molecular weight is 524 g/mol. The molecule has 0 aliphatic carbocycles. The lowest BCUT2D eigenvalue weighted by atomic mass is 9.80. The van der Waals surface area contributed by atoms with E-state index in [0.717, 1.165) is 17.7 Å². The highest BCUT2D eigenvalue weighted by Gasteiger charge is 2.61. The summed E-state index contributed by atoms with van der Waals surface area (Å²) < 4.78 is 62.4. The summed E-state index contributed by atoms with van der Waals surface area (Å²) in [5.41, 5.74) is 0.403. The predicted molar refractivity (Wildman–Crippen MR) is 125 cm³/mol. The van der Waals surface area contributed by atoms with Crippen LogP contribution in [0.2, 0.25) is 5.02 Å². The molecule has 3 heterocycles. The first kappa shape index (κ1) is 23.3. The van der Waals surface area contributed by atoms with Crippen molar-refractivity contribution in [1.82, 2.24) is 4.90 Å². The summed E-state index contributed by atoms with van der Waals surface area (Å²) in [5, 5.41) is 2.12. The van der Waals surface area contributed by atoms with Crippen LogP contribution in [0.15, 0.2) is 52.7 Å². The van der Waals surface area contributed by atoms with Crippen molar-refractivity contribution in [2.75, 3.05) is 13.2 Å². The molecule has 1 aromatic heterocycles. The first-order valence-electron chi connectivity index (χ1n) is 10.6. The van der Waals surface area contributed by atoms with Crippen LogP contribution in [0.3, 0.4) is 0 Å². The molecule has 5 rings (SSSR count). The van der Waals surface area contributed by atoms with Crippen LogP contribution in [0.5, 0.6) is 5.75 Å². The van der Waals surface area contributed by atoms with Crippen molar-refractivity contribution in [2.45, 2.75) is 35.4 Å². The number of aryl methyl sites for hydroxylation is 1. The Labute approximate surface area is 204 Å². The van der Waals surface area contributed by atoms with E-state index in [-0.39, 0.29) is 42.4 Å². The number of halogens is 3. The summed E-state index contributed by atoms with van der Waals surface area (Å²) in [6.07, 6.45) is 0.293.